The van der Waals surface area contributed by atoms with Crippen LogP contribution in [0, 0.1) is 13.8 Å². The normalized spacial score (nSPS) is 20.7. The van der Waals surface area contributed by atoms with Gasteiger partial charge in [0.15, 0.2) is 12.6 Å². The first-order chi connectivity index (χ1) is 12.7. The van der Waals surface area contributed by atoms with E-state index in [2.05, 4.69) is 0 Å². The molecule has 1 fully saturated rings. The van der Waals surface area contributed by atoms with Crippen molar-refractivity contribution in [3.63, 3.8) is 0 Å². The van der Waals surface area contributed by atoms with Crippen molar-refractivity contribution in [2.75, 3.05) is 0 Å². The van der Waals surface area contributed by atoms with Crippen LogP contribution in [0.15, 0.2) is 58.3 Å². The third kappa shape index (κ3) is 4.94. The monoisotopic (exact) mass is 412 g/mol. The Hall–Kier alpha value is -1.78. The van der Waals surface area contributed by atoms with Crippen LogP contribution >= 0.6 is 0 Å². The molecule has 0 saturated carbocycles. The predicted octanol–water partition coefficient (Wildman–Crippen LogP) is 2.88. The second-order valence-electron chi connectivity index (χ2n) is 6.30. The molecular formula is C18H20O7S2. The molecule has 0 amide bonds. The first-order valence-electron chi connectivity index (χ1n) is 8.31. The van der Waals surface area contributed by atoms with Crippen molar-refractivity contribution in [1.82, 2.24) is 0 Å². The van der Waals surface area contributed by atoms with E-state index in [0.29, 0.717) is 0 Å². The average molecular weight is 412 g/mol. The summed E-state index contributed by atoms with van der Waals surface area (Å²) < 4.78 is 64.6. The van der Waals surface area contributed by atoms with Gasteiger partial charge in [0.2, 0.25) is 0 Å². The van der Waals surface area contributed by atoms with Crippen LogP contribution in [0.3, 0.4) is 0 Å². The fraction of sp³-hybridized carbons (Fsp3) is 0.333. The van der Waals surface area contributed by atoms with E-state index in [1.165, 1.54) is 24.3 Å². The molecule has 3 rings (SSSR count). The molecule has 27 heavy (non-hydrogen) atoms. The van der Waals surface area contributed by atoms with Crippen molar-refractivity contribution in [1.29, 1.82) is 0 Å². The van der Waals surface area contributed by atoms with Crippen LogP contribution in [-0.4, -0.2) is 29.4 Å². The van der Waals surface area contributed by atoms with Crippen LogP contribution < -0.4 is 0 Å². The molecule has 0 bridgehead atoms. The van der Waals surface area contributed by atoms with Gasteiger partial charge in [0.25, 0.3) is 20.2 Å². The molecule has 0 aliphatic carbocycles. The van der Waals surface area contributed by atoms with Gasteiger partial charge in [-0.1, -0.05) is 35.4 Å². The molecule has 9 heteroatoms. The second-order valence-corrected chi connectivity index (χ2v) is 9.44. The zero-order valence-corrected chi connectivity index (χ0v) is 16.5. The van der Waals surface area contributed by atoms with Crippen molar-refractivity contribution in [2.45, 2.75) is 49.1 Å². The summed E-state index contributed by atoms with van der Waals surface area (Å²) in [6, 6.07) is 12.4. The van der Waals surface area contributed by atoms with Crippen LogP contribution in [0.5, 0.6) is 0 Å². The Morgan fingerprint density at radius 3 is 1.37 bits per heavy atom. The number of hydrogen-bond donors (Lipinski definition) is 0. The molecule has 1 aliphatic heterocycles. The first kappa shape index (κ1) is 20.0. The highest BCUT2D eigenvalue weighted by Gasteiger charge is 2.34. The molecule has 1 saturated heterocycles. The lowest BCUT2D eigenvalue weighted by molar-refractivity contribution is -0.133. The summed E-state index contributed by atoms with van der Waals surface area (Å²) in [5, 5.41) is 0. The molecule has 2 aromatic rings. The Kier molecular flexibility index (Phi) is 5.68. The molecule has 1 aliphatic rings. The van der Waals surface area contributed by atoms with Crippen LogP contribution in [0.1, 0.15) is 24.0 Å². The highest BCUT2D eigenvalue weighted by molar-refractivity contribution is 7.87. The lowest BCUT2D eigenvalue weighted by Gasteiger charge is -2.15. The molecule has 2 unspecified atom stereocenters. The minimum Gasteiger partial charge on any atom is -0.321 e. The first-order valence-corrected chi connectivity index (χ1v) is 11.1. The van der Waals surface area contributed by atoms with Crippen molar-refractivity contribution in [3.05, 3.63) is 59.7 Å². The smallest absolute Gasteiger partial charge is 0.299 e. The Morgan fingerprint density at radius 2 is 1.04 bits per heavy atom. The summed E-state index contributed by atoms with van der Waals surface area (Å²) in [6.07, 6.45) is -1.82. The molecule has 0 aromatic heterocycles. The van der Waals surface area contributed by atoms with E-state index in [9.17, 15) is 16.8 Å². The van der Waals surface area contributed by atoms with Gasteiger partial charge in [0.1, 0.15) is 0 Å². The topological polar surface area (TPSA) is 96.0 Å². The summed E-state index contributed by atoms with van der Waals surface area (Å²) in [6.45, 7) is 3.68. The molecule has 0 radical (unpaired) electrons. The fourth-order valence-corrected chi connectivity index (χ4v) is 4.53. The summed E-state index contributed by atoms with van der Waals surface area (Å²) >= 11 is 0. The van der Waals surface area contributed by atoms with E-state index in [-0.39, 0.29) is 22.6 Å². The van der Waals surface area contributed by atoms with E-state index in [1.807, 2.05) is 13.8 Å². The van der Waals surface area contributed by atoms with Crippen LogP contribution in [0.2, 0.25) is 0 Å². The van der Waals surface area contributed by atoms with Gasteiger partial charge < -0.3 is 4.74 Å². The molecule has 0 spiro atoms. The number of benzene rings is 2. The van der Waals surface area contributed by atoms with Gasteiger partial charge in [0.05, 0.1) is 9.79 Å². The highest BCUT2D eigenvalue weighted by atomic mass is 32.2. The van der Waals surface area contributed by atoms with Crippen molar-refractivity contribution >= 4 is 20.2 Å². The summed E-state index contributed by atoms with van der Waals surface area (Å²) in [5.74, 6) is 0. The summed E-state index contributed by atoms with van der Waals surface area (Å²) in [4.78, 5) is 0.0155. The van der Waals surface area contributed by atoms with Gasteiger partial charge >= 0.3 is 0 Å². The molecule has 2 aromatic carbocycles. The van der Waals surface area contributed by atoms with Gasteiger partial charge in [-0.05, 0) is 38.1 Å². The van der Waals surface area contributed by atoms with Gasteiger partial charge in [0, 0.05) is 12.8 Å². The zero-order valence-electron chi connectivity index (χ0n) is 14.9. The highest BCUT2D eigenvalue weighted by Crippen LogP contribution is 2.28. The van der Waals surface area contributed by atoms with Gasteiger partial charge in [-0.3, -0.25) is 0 Å². The van der Waals surface area contributed by atoms with Crippen LogP contribution in [0.4, 0.5) is 0 Å². The van der Waals surface area contributed by atoms with Crippen molar-refractivity contribution < 1.29 is 29.9 Å². The largest absolute Gasteiger partial charge is 0.321 e. The number of aryl methyl sites for hydroxylation is 2. The lowest BCUT2D eigenvalue weighted by Crippen LogP contribution is -2.22. The maximum atomic E-state index is 12.3. The quantitative estimate of drug-likeness (QED) is 0.673. The molecular weight excluding hydrogens is 392 g/mol. The van der Waals surface area contributed by atoms with Gasteiger partial charge in [-0.2, -0.15) is 16.8 Å². The molecule has 1 heterocycles. The Balaban J connectivity index is 1.63. The molecule has 7 nitrogen and oxygen atoms in total. The number of rotatable bonds is 6. The van der Waals surface area contributed by atoms with E-state index in [0.717, 1.165) is 11.1 Å². The average Bonchev–Trinajstić information content (AvgIpc) is 3.01. The third-order valence-corrected chi connectivity index (χ3v) is 6.66. The van der Waals surface area contributed by atoms with E-state index in [4.69, 9.17) is 13.1 Å². The molecule has 146 valence electrons. The Morgan fingerprint density at radius 1 is 0.704 bits per heavy atom. The lowest BCUT2D eigenvalue weighted by atomic mass is 10.2. The van der Waals surface area contributed by atoms with E-state index in [1.54, 1.807) is 24.3 Å². The maximum absolute atomic E-state index is 12.3. The van der Waals surface area contributed by atoms with E-state index < -0.39 is 32.8 Å². The minimum absolute atomic E-state index is 0.00773. The second kappa shape index (κ2) is 7.69. The van der Waals surface area contributed by atoms with Gasteiger partial charge in [-0.15, -0.1) is 0 Å². The summed E-state index contributed by atoms with van der Waals surface area (Å²) in [5.41, 5.74) is 1.83. The van der Waals surface area contributed by atoms with E-state index >= 15 is 0 Å². The Labute approximate surface area is 159 Å². The van der Waals surface area contributed by atoms with Crippen molar-refractivity contribution in [2.24, 2.45) is 0 Å². The summed E-state index contributed by atoms with van der Waals surface area (Å²) in [7, 11) is -8.03. The number of ether oxygens (including phenoxy) is 1. The number of hydrogen-bond acceptors (Lipinski definition) is 7. The Bertz CT molecular complexity index is 911. The minimum atomic E-state index is -4.01. The van der Waals surface area contributed by atoms with Gasteiger partial charge in [-0.25, -0.2) is 8.37 Å². The maximum Gasteiger partial charge on any atom is 0.299 e. The predicted molar refractivity (Wildman–Crippen MR) is 96.8 cm³/mol. The van der Waals surface area contributed by atoms with Crippen molar-refractivity contribution in [3.8, 4) is 0 Å². The molecule has 0 N–H and O–H groups in total. The molecule has 2 atom stereocenters. The SMILES string of the molecule is Cc1ccc(S(=O)(=O)OC2CCC(OS(=O)(=O)c3ccc(C)cc3)O2)cc1. The standard InChI is InChI=1S/C18H20O7S2/c1-13-3-7-15(8-4-13)26(19,20)24-17-11-12-18(23-17)25-27(21,22)16-9-5-14(2)6-10-16/h3-10,17-18H,11-12H2,1-2H3. The van der Waals surface area contributed by atoms with Crippen LogP contribution in [-0.2, 0) is 33.3 Å². The van der Waals surface area contributed by atoms with Crippen LogP contribution in [0.25, 0.3) is 0 Å². The zero-order chi connectivity index (χ0) is 19.7. The fourth-order valence-electron chi connectivity index (χ4n) is 2.52. The third-order valence-electron chi connectivity index (χ3n) is 4.03.